The molecule has 2 heterocycles. The minimum Gasteiger partial charge on any atom is -0.469 e. The van der Waals surface area contributed by atoms with Crippen LogP contribution in [0, 0.1) is 5.92 Å². The molecule has 3 heteroatoms. The average Bonchev–Trinajstić information content (AvgIpc) is 2.60. The Morgan fingerprint density at radius 2 is 2.42 bits per heavy atom. The maximum Gasteiger partial charge on any atom is 0.310 e. The van der Waals surface area contributed by atoms with Gasteiger partial charge in [0, 0.05) is 12.6 Å². The van der Waals surface area contributed by atoms with Crippen LogP contribution in [0.3, 0.4) is 0 Å². The van der Waals surface area contributed by atoms with Gasteiger partial charge in [-0.2, -0.15) is 0 Å². The summed E-state index contributed by atoms with van der Waals surface area (Å²) in [5, 5.41) is 0. The Labute approximate surface area is 72.7 Å². The molecule has 2 rings (SSSR count). The minimum atomic E-state index is -0.0237. The minimum absolute atomic E-state index is 0.0237. The number of esters is 1. The molecule has 0 aliphatic carbocycles. The summed E-state index contributed by atoms with van der Waals surface area (Å²) >= 11 is 0. The smallest absolute Gasteiger partial charge is 0.310 e. The lowest BCUT2D eigenvalue weighted by Gasteiger charge is -2.12. The number of hydrogen-bond acceptors (Lipinski definition) is 3. The molecule has 12 heavy (non-hydrogen) atoms. The van der Waals surface area contributed by atoms with Gasteiger partial charge in [-0.1, -0.05) is 0 Å². The van der Waals surface area contributed by atoms with E-state index in [2.05, 4.69) is 4.90 Å². The first-order valence-electron chi connectivity index (χ1n) is 4.63. The predicted molar refractivity (Wildman–Crippen MR) is 44.7 cm³/mol. The van der Waals surface area contributed by atoms with Gasteiger partial charge in [0.05, 0.1) is 13.0 Å². The van der Waals surface area contributed by atoms with Crippen molar-refractivity contribution in [3.63, 3.8) is 0 Å². The van der Waals surface area contributed by atoms with E-state index in [9.17, 15) is 4.79 Å². The van der Waals surface area contributed by atoms with Crippen LogP contribution >= 0.6 is 0 Å². The highest BCUT2D eigenvalue weighted by molar-refractivity contribution is 5.73. The monoisotopic (exact) mass is 169 g/mol. The maximum atomic E-state index is 11.2. The van der Waals surface area contributed by atoms with Crippen molar-refractivity contribution < 1.29 is 9.53 Å². The van der Waals surface area contributed by atoms with Gasteiger partial charge in [-0.25, -0.2) is 0 Å². The summed E-state index contributed by atoms with van der Waals surface area (Å²) in [6.45, 7) is 2.11. The topological polar surface area (TPSA) is 29.5 Å². The average molecular weight is 169 g/mol. The quantitative estimate of drug-likeness (QED) is 0.540. The number of rotatable bonds is 1. The van der Waals surface area contributed by atoms with E-state index in [1.54, 1.807) is 0 Å². The number of nitrogens with zero attached hydrogens (tertiary/aromatic N) is 1. The summed E-state index contributed by atoms with van der Waals surface area (Å²) < 4.78 is 4.73. The van der Waals surface area contributed by atoms with Gasteiger partial charge in [-0.05, 0) is 25.8 Å². The number of hydrogen-bond donors (Lipinski definition) is 0. The number of carbonyl (C=O) groups excluding carboxylic acids is 1. The van der Waals surface area contributed by atoms with Gasteiger partial charge in [0.1, 0.15) is 0 Å². The lowest BCUT2D eigenvalue weighted by molar-refractivity contribution is -0.145. The van der Waals surface area contributed by atoms with E-state index < -0.39 is 0 Å². The van der Waals surface area contributed by atoms with Crippen LogP contribution in [-0.2, 0) is 9.53 Å². The predicted octanol–water partition coefficient (Wildman–Crippen LogP) is 0.644. The van der Waals surface area contributed by atoms with E-state index in [0.717, 1.165) is 13.0 Å². The zero-order valence-electron chi connectivity index (χ0n) is 7.45. The fraction of sp³-hybridized carbons (Fsp3) is 0.889. The van der Waals surface area contributed by atoms with Crippen LogP contribution in [0.15, 0.2) is 0 Å². The van der Waals surface area contributed by atoms with Gasteiger partial charge in [-0.15, -0.1) is 0 Å². The Balaban J connectivity index is 1.94. The van der Waals surface area contributed by atoms with Crippen molar-refractivity contribution in [3.8, 4) is 0 Å². The van der Waals surface area contributed by atoms with Crippen molar-refractivity contribution >= 4 is 5.97 Å². The summed E-state index contributed by atoms with van der Waals surface area (Å²) in [6.07, 6.45) is 3.60. The van der Waals surface area contributed by atoms with Crippen LogP contribution in [-0.4, -0.2) is 37.1 Å². The summed E-state index contributed by atoms with van der Waals surface area (Å²) in [6, 6.07) is 0.675. The summed E-state index contributed by atoms with van der Waals surface area (Å²) in [7, 11) is 1.48. The van der Waals surface area contributed by atoms with Crippen LogP contribution in [0.5, 0.6) is 0 Å². The molecule has 2 aliphatic rings. The van der Waals surface area contributed by atoms with Crippen LogP contribution in [0.25, 0.3) is 0 Å². The second kappa shape index (κ2) is 3.05. The molecule has 0 spiro atoms. The highest BCUT2D eigenvalue weighted by Gasteiger charge is 2.38. The molecule has 2 unspecified atom stereocenters. The molecule has 0 aromatic heterocycles. The molecule has 2 fully saturated rings. The molecule has 0 amide bonds. The Kier molecular flexibility index (Phi) is 2.05. The van der Waals surface area contributed by atoms with Gasteiger partial charge in [0.15, 0.2) is 0 Å². The second-order valence-corrected chi connectivity index (χ2v) is 3.75. The van der Waals surface area contributed by atoms with Crippen molar-refractivity contribution in [2.24, 2.45) is 5.92 Å². The largest absolute Gasteiger partial charge is 0.469 e. The fourth-order valence-corrected chi connectivity index (χ4v) is 2.43. The summed E-state index contributed by atoms with van der Waals surface area (Å²) in [5.74, 6) is 0.129. The van der Waals surface area contributed by atoms with E-state index in [1.165, 1.54) is 26.5 Å². The third-order valence-corrected chi connectivity index (χ3v) is 3.05. The number of carbonyl (C=O) groups is 1. The molecule has 0 aromatic rings. The Bertz CT molecular complexity index is 181. The highest BCUT2D eigenvalue weighted by Crippen LogP contribution is 2.31. The van der Waals surface area contributed by atoms with Gasteiger partial charge >= 0.3 is 5.97 Å². The van der Waals surface area contributed by atoms with Crippen LogP contribution in [0.4, 0.5) is 0 Å². The third-order valence-electron chi connectivity index (χ3n) is 3.05. The SMILES string of the molecule is COC(=O)C1CC2CCCN2C1. The first-order chi connectivity index (χ1) is 5.81. The zero-order valence-corrected chi connectivity index (χ0v) is 7.45. The fourth-order valence-electron chi connectivity index (χ4n) is 2.43. The molecule has 2 aliphatic heterocycles. The first-order valence-corrected chi connectivity index (χ1v) is 4.63. The van der Waals surface area contributed by atoms with E-state index in [4.69, 9.17) is 4.74 Å². The molecular weight excluding hydrogens is 154 g/mol. The second-order valence-electron chi connectivity index (χ2n) is 3.75. The van der Waals surface area contributed by atoms with Crippen LogP contribution in [0.2, 0.25) is 0 Å². The normalized spacial score (nSPS) is 35.1. The van der Waals surface area contributed by atoms with Crippen LogP contribution in [0.1, 0.15) is 19.3 Å². The molecule has 0 saturated carbocycles. The van der Waals surface area contributed by atoms with Crippen LogP contribution < -0.4 is 0 Å². The van der Waals surface area contributed by atoms with E-state index in [1.807, 2.05) is 0 Å². The van der Waals surface area contributed by atoms with Crippen molar-refractivity contribution in [3.05, 3.63) is 0 Å². The van der Waals surface area contributed by atoms with E-state index in [0.29, 0.717) is 6.04 Å². The standard InChI is InChI=1S/C9H15NO2/c1-12-9(11)7-5-8-3-2-4-10(8)6-7/h7-8H,2-6H2,1H3. The number of methoxy groups -OCH3 is 1. The zero-order chi connectivity index (χ0) is 8.55. The van der Waals surface area contributed by atoms with Gasteiger partial charge < -0.3 is 4.74 Å². The van der Waals surface area contributed by atoms with Crippen molar-refractivity contribution in [1.82, 2.24) is 4.90 Å². The molecule has 68 valence electrons. The molecule has 2 atom stereocenters. The third kappa shape index (κ3) is 1.22. The number of ether oxygens (including phenoxy) is 1. The Hall–Kier alpha value is -0.570. The molecule has 2 saturated heterocycles. The lowest BCUT2D eigenvalue weighted by Crippen LogP contribution is -2.24. The molecule has 0 aromatic carbocycles. The number of fused-ring (bicyclic) bond motifs is 1. The molecule has 0 bridgehead atoms. The van der Waals surface area contributed by atoms with E-state index in [-0.39, 0.29) is 11.9 Å². The van der Waals surface area contributed by atoms with Crippen molar-refractivity contribution in [1.29, 1.82) is 0 Å². The molecular formula is C9H15NO2. The summed E-state index contributed by atoms with van der Waals surface area (Å²) in [4.78, 5) is 13.6. The van der Waals surface area contributed by atoms with Gasteiger partial charge in [0.2, 0.25) is 0 Å². The molecule has 0 radical (unpaired) electrons. The van der Waals surface area contributed by atoms with Crippen molar-refractivity contribution in [2.45, 2.75) is 25.3 Å². The Morgan fingerprint density at radius 1 is 1.58 bits per heavy atom. The van der Waals surface area contributed by atoms with Gasteiger partial charge in [0.25, 0.3) is 0 Å². The summed E-state index contributed by atoms with van der Waals surface area (Å²) in [5.41, 5.74) is 0. The lowest BCUT2D eigenvalue weighted by atomic mass is 10.0. The molecule has 0 N–H and O–H groups in total. The highest BCUT2D eigenvalue weighted by atomic mass is 16.5. The van der Waals surface area contributed by atoms with E-state index >= 15 is 0 Å². The maximum absolute atomic E-state index is 11.2. The van der Waals surface area contributed by atoms with Gasteiger partial charge in [-0.3, -0.25) is 9.69 Å². The first kappa shape index (κ1) is 8.05. The molecule has 3 nitrogen and oxygen atoms in total. The van der Waals surface area contributed by atoms with Crippen molar-refractivity contribution in [2.75, 3.05) is 20.2 Å². The Morgan fingerprint density at radius 3 is 3.08 bits per heavy atom.